The van der Waals surface area contributed by atoms with E-state index in [0.717, 1.165) is 16.7 Å². The number of hydrogen-bond acceptors (Lipinski definition) is 4. The zero-order valence-corrected chi connectivity index (χ0v) is 16.2. The van der Waals surface area contributed by atoms with Gasteiger partial charge in [-0.05, 0) is 12.0 Å². The predicted molar refractivity (Wildman–Crippen MR) is 105 cm³/mol. The standard InChI is InChI=1S/C20H21F3N6O/c1-2-8-28-12-14(11-24-28)25-19(30)16-10-18-26-15(13-6-4-3-5-7-13)9-17(20(21,22)23)29(18)27-16/h3-7,10-12,15,17,26H,2,8-9H2,1H3,(H,25,30)/t15-,17+/m1/s1. The molecule has 4 rings (SSSR count). The average molecular weight is 418 g/mol. The summed E-state index contributed by atoms with van der Waals surface area (Å²) in [5.74, 6) is -0.434. The minimum atomic E-state index is -4.50. The van der Waals surface area contributed by atoms with Crippen molar-refractivity contribution in [3.63, 3.8) is 0 Å². The number of nitrogens with zero attached hydrogens (tertiary/aromatic N) is 4. The number of carbonyl (C=O) groups is 1. The molecule has 1 aliphatic heterocycles. The monoisotopic (exact) mass is 418 g/mol. The Labute approximate surface area is 170 Å². The molecule has 1 aromatic carbocycles. The lowest BCUT2D eigenvalue weighted by atomic mass is 9.97. The maximum absolute atomic E-state index is 13.7. The van der Waals surface area contributed by atoms with Gasteiger partial charge in [-0.3, -0.25) is 9.48 Å². The first kappa shape index (κ1) is 20.0. The lowest BCUT2D eigenvalue weighted by Crippen LogP contribution is -2.35. The van der Waals surface area contributed by atoms with E-state index in [9.17, 15) is 18.0 Å². The van der Waals surface area contributed by atoms with Crippen molar-refractivity contribution in [3.05, 3.63) is 60.0 Å². The number of aromatic nitrogens is 4. The average Bonchev–Trinajstić information content (AvgIpc) is 3.34. The maximum atomic E-state index is 13.7. The van der Waals surface area contributed by atoms with Crippen LogP contribution in [0.4, 0.5) is 24.7 Å². The van der Waals surface area contributed by atoms with Gasteiger partial charge in [-0.15, -0.1) is 0 Å². The summed E-state index contributed by atoms with van der Waals surface area (Å²) in [7, 11) is 0. The summed E-state index contributed by atoms with van der Waals surface area (Å²) in [6, 6.07) is 7.91. The van der Waals surface area contributed by atoms with Gasteiger partial charge in [-0.1, -0.05) is 37.3 Å². The van der Waals surface area contributed by atoms with Gasteiger partial charge in [0.2, 0.25) is 0 Å². The van der Waals surface area contributed by atoms with Crippen molar-refractivity contribution in [2.45, 2.75) is 44.6 Å². The highest BCUT2D eigenvalue weighted by Gasteiger charge is 2.46. The van der Waals surface area contributed by atoms with Crippen LogP contribution in [0.2, 0.25) is 0 Å². The van der Waals surface area contributed by atoms with Crippen LogP contribution >= 0.6 is 0 Å². The zero-order valence-electron chi connectivity index (χ0n) is 16.2. The van der Waals surface area contributed by atoms with Crippen LogP contribution in [-0.2, 0) is 6.54 Å². The van der Waals surface area contributed by atoms with E-state index in [1.165, 1.54) is 12.3 Å². The van der Waals surface area contributed by atoms with Gasteiger partial charge in [0, 0.05) is 25.2 Å². The molecule has 0 fully saturated rings. The SMILES string of the molecule is CCCn1cc(NC(=O)c2cc3n(n2)[C@H](C(F)(F)F)C[C@H](c2ccccc2)N3)cn1. The number of nitrogens with one attached hydrogen (secondary N) is 2. The first-order chi connectivity index (χ1) is 14.3. The molecule has 0 bridgehead atoms. The van der Waals surface area contributed by atoms with Gasteiger partial charge < -0.3 is 10.6 Å². The maximum Gasteiger partial charge on any atom is 0.410 e. The van der Waals surface area contributed by atoms with Crippen molar-refractivity contribution in [2.75, 3.05) is 10.6 Å². The van der Waals surface area contributed by atoms with E-state index in [1.54, 1.807) is 35.1 Å². The summed E-state index contributed by atoms with van der Waals surface area (Å²) in [5.41, 5.74) is 1.11. The second-order valence-corrected chi connectivity index (χ2v) is 7.21. The Bertz CT molecular complexity index is 1030. The molecule has 30 heavy (non-hydrogen) atoms. The largest absolute Gasteiger partial charge is 0.410 e. The number of benzene rings is 1. The van der Waals surface area contributed by atoms with Crippen molar-refractivity contribution >= 4 is 17.4 Å². The molecule has 0 spiro atoms. The fourth-order valence-corrected chi connectivity index (χ4v) is 3.56. The van der Waals surface area contributed by atoms with Crippen LogP contribution in [0.3, 0.4) is 0 Å². The van der Waals surface area contributed by atoms with Gasteiger partial charge in [0.15, 0.2) is 11.7 Å². The number of aryl methyl sites for hydroxylation is 1. The quantitative estimate of drug-likeness (QED) is 0.644. The molecule has 2 atom stereocenters. The number of fused-ring (bicyclic) bond motifs is 1. The first-order valence-electron chi connectivity index (χ1n) is 9.66. The number of hydrogen-bond donors (Lipinski definition) is 2. The van der Waals surface area contributed by atoms with E-state index in [1.807, 2.05) is 13.0 Å². The number of carbonyl (C=O) groups excluding carboxylic acids is 1. The zero-order chi connectivity index (χ0) is 21.3. The Morgan fingerprint density at radius 3 is 2.77 bits per heavy atom. The molecule has 7 nitrogen and oxygen atoms in total. The summed E-state index contributed by atoms with van der Waals surface area (Å²) in [6.45, 7) is 2.70. The van der Waals surface area contributed by atoms with Gasteiger partial charge in [0.05, 0.1) is 17.9 Å². The highest BCUT2D eigenvalue weighted by Crippen LogP contribution is 2.43. The predicted octanol–water partition coefficient (Wildman–Crippen LogP) is 4.40. The van der Waals surface area contributed by atoms with E-state index in [0.29, 0.717) is 12.2 Å². The number of alkyl halides is 3. The summed E-state index contributed by atoms with van der Waals surface area (Å²) < 4.78 is 43.8. The molecule has 3 heterocycles. The number of anilines is 2. The summed E-state index contributed by atoms with van der Waals surface area (Å²) >= 11 is 0. The van der Waals surface area contributed by atoms with Crippen molar-refractivity contribution < 1.29 is 18.0 Å². The highest BCUT2D eigenvalue weighted by atomic mass is 19.4. The second kappa shape index (κ2) is 7.85. The molecule has 158 valence electrons. The minimum absolute atomic E-state index is 0.0938. The number of amides is 1. The highest BCUT2D eigenvalue weighted by molar-refractivity contribution is 6.03. The summed E-state index contributed by atoms with van der Waals surface area (Å²) in [5, 5.41) is 13.8. The van der Waals surface area contributed by atoms with E-state index in [4.69, 9.17) is 0 Å². The van der Waals surface area contributed by atoms with Crippen molar-refractivity contribution in [1.82, 2.24) is 19.6 Å². The Morgan fingerprint density at radius 1 is 1.30 bits per heavy atom. The molecule has 0 aliphatic carbocycles. The second-order valence-electron chi connectivity index (χ2n) is 7.21. The molecule has 0 saturated carbocycles. The Balaban J connectivity index is 1.59. The molecule has 2 N–H and O–H groups in total. The molecule has 2 aromatic heterocycles. The van der Waals surface area contributed by atoms with Crippen LogP contribution in [0, 0.1) is 0 Å². The van der Waals surface area contributed by atoms with Gasteiger partial charge in [0.25, 0.3) is 5.91 Å². The fourth-order valence-electron chi connectivity index (χ4n) is 3.56. The molecule has 10 heteroatoms. The fraction of sp³-hybridized carbons (Fsp3) is 0.350. The van der Waals surface area contributed by atoms with Crippen LogP contribution < -0.4 is 10.6 Å². The number of rotatable bonds is 5. The smallest absolute Gasteiger partial charge is 0.363 e. The molecular formula is C20H21F3N6O. The molecule has 0 saturated heterocycles. The van der Waals surface area contributed by atoms with E-state index in [2.05, 4.69) is 20.8 Å². The lowest BCUT2D eigenvalue weighted by Gasteiger charge is -2.33. The Hall–Kier alpha value is -3.30. The first-order valence-corrected chi connectivity index (χ1v) is 9.66. The van der Waals surface area contributed by atoms with E-state index in [-0.39, 0.29) is 17.9 Å². The Kier molecular flexibility index (Phi) is 5.23. The lowest BCUT2D eigenvalue weighted by molar-refractivity contribution is -0.173. The Morgan fingerprint density at radius 2 is 2.07 bits per heavy atom. The van der Waals surface area contributed by atoms with Crippen molar-refractivity contribution in [3.8, 4) is 0 Å². The van der Waals surface area contributed by atoms with E-state index >= 15 is 0 Å². The van der Waals surface area contributed by atoms with Crippen molar-refractivity contribution in [2.24, 2.45) is 0 Å². The molecule has 1 amide bonds. The molecule has 3 aromatic rings. The van der Waals surface area contributed by atoms with Crippen LogP contribution in [0.1, 0.15) is 47.9 Å². The minimum Gasteiger partial charge on any atom is -0.363 e. The summed E-state index contributed by atoms with van der Waals surface area (Å²) in [4.78, 5) is 12.6. The third-order valence-electron chi connectivity index (χ3n) is 4.97. The van der Waals surface area contributed by atoms with Crippen LogP contribution in [0.5, 0.6) is 0 Å². The summed E-state index contributed by atoms with van der Waals surface area (Å²) in [6.07, 6.45) is -0.667. The molecular weight excluding hydrogens is 397 g/mol. The van der Waals surface area contributed by atoms with Gasteiger partial charge >= 0.3 is 6.18 Å². The normalized spacial score (nSPS) is 18.5. The van der Waals surface area contributed by atoms with Gasteiger partial charge in [-0.2, -0.15) is 23.4 Å². The van der Waals surface area contributed by atoms with Crippen molar-refractivity contribution in [1.29, 1.82) is 0 Å². The van der Waals surface area contributed by atoms with Gasteiger partial charge in [0.1, 0.15) is 5.82 Å². The third kappa shape index (κ3) is 4.03. The van der Waals surface area contributed by atoms with Crippen LogP contribution in [0.15, 0.2) is 48.8 Å². The van der Waals surface area contributed by atoms with E-state index < -0.39 is 24.2 Å². The topological polar surface area (TPSA) is 76.8 Å². The van der Waals surface area contributed by atoms with Crippen LogP contribution in [-0.4, -0.2) is 31.6 Å². The third-order valence-corrected chi connectivity index (χ3v) is 4.97. The van der Waals surface area contributed by atoms with Crippen LogP contribution in [0.25, 0.3) is 0 Å². The van der Waals surface area contributed by atoms with Gasteiger partial charge in [-0.25, -0.2) is 4.68 Å². The molecule has 1 aliphatic rings. The number of halogens is 3. The molecule has 0 unspecified atom stereocenters. The molecule has 0 radical (unpaired) electrons.